The molecule has 0 saturated heterocycles. The number of hydrogen-bond donors (Lipinski definition) is 2. The topological polar surface area (TPSA) is 50.4 Å². The van der Waals surface area contributed by atoms with E-state index in [4.69, 9.17) is 0 Å². The van der Waals surface area contributed by atoms with Crippen LogP contribution in [-0.4, -0.2) is 12.0 Å². The fraction of sp³-hybridized carbons (Fsp3) is 0.136. The highest BCUT2D eigenvalue weighted by Gasteiger charge is 2.23. The number of benzene rings is 3. The fourth-order valence-electron chi connectivity index (χ4n) is 2.57. The lowest BCUT2D eigenvalue weighted by atomic mass is 10.1. The van der Waals surface area contributed by atoms with Crippen LogP contribution in [-0.2, 0) is 6.54 Å². The third-order valence-electron chi connectivity index (χ3n) is 3.99. The average Bonchev–Trinajstić information content (AvgIpc) is 2.72. The van der Waals surface area contributed by atoms with Gasteiger partial charge in [-0.1, -0.05) is 28.1 Å². The van der Waals surface area contributed by atoms with Crippen molar-refractivity contribution < 1.29 is 22.7 Å². The van der Waals surface area contributed by atoms with E-state index >= 15 is 0 Å². The van der Waals surface area contributed by atoms with Crippen LogP contribution in [0, 0.1) is 5.82 Å². The molecule has 0 heterocycles. The van der Waals surface area contributed by atoms with E-state index in [0.29, 0.717) is 18.2 Å². The van der Waals surface area contributed by atoms with E-state index in [0.717, 1.165) is 14.9 Å². The van der Waals surface area contributed by atoms with Gasteiger partial charge in [-0.2, -0.15) is 8.78 Å². The number of ether oxygens (including phenoxy) is 1. The summed E-state index contributed by atoms with van der Waals surface area (Å²) in [7, 11) is 0. The molecule has 0 saturated carbocycles. The SMILES string of the molecule is CC(F)(F)Oc1ccc(SNc2ccc(Br)cc2C(=O)NCc2ccc(F)cc2)cc1. The third-order valence-corrected chi connectivity index (χ3v) is 5.32. The Kier molecular flexibility index (Phi) is 7.50. The van der Waals surface area contributed by atoms with E-state index in [1.54, 1.807) is 42.5 Å². The van der Waals surface area contributed by atoms with Gasteiger partial charge in [-0.15, -0.1) is 0 Å². The number of anilines is 1. The zero-order valence-corrected chi connectivity index (χ0v) is 18.7. The second-order valence-corrected chi connectivity index (χ2v) is 8.38. The Morgan fingerprint density at radius 2 is 1.74 bits per heavy atom. The largest absolute Gasteiger partial charge is 0.433 e. The number of carbonyl (C=O) groups excluding carboxylic acids is 1. The Morgan fingerprint density at radius 3 is 2.39 bits per heavy atom. The van der Waals surface area contributed by atoms with Crippen LogP contribution >= 0.6 is 27.9 Å². The van der Waals surface area contributed by atoms with E-state index in [1.165, 1.54) is 36.2 Å². The second-order valence-electron chi connectivity index (χ2n) is 6.58. The van der Waals surface area contributed by atoms with E-state index in [9.17, 15) is 18.0 Å². The maximum absolute atomic E-state index is 13.0. The predicted molar refractivity (Wildman–Crippen MR) is 119 cm³/mol. The molecule has 0 spiro atoms. The first-order chi connectivity index (χ1) is 14.7. The minimum atomic E-state index is -3.25. The minimum Gasteiger partial charge on any atom is -0.433 e. The quantitative estimate of drug-likeness (QED) is 0.334. The van der Waals surface area contributed by atoms with Gasteiger partial charge in [0.1, 0.15) is 11.6 Å². The highest BCUT2D eigenvalue weighted by molar-refractivity contribution is 9.10. The molecule has 31 heavy (non-hydrogen) atoms. The lowest BCUT2D eigenvalue weighted by molar-refractivity contribution is -0.158. The molecular formula is C22H18BrF3N2O2S. The molecule has 0 fully saturated rings. The van der Waals surface area contributed by atoms with Crippen molar-refractivity contribution in [3.05, 3.63) is 88.1 Å². The first kappa shape index (κ1) is 23.0. The standard InChI is InChI=1S/C22H18BrF3N2O2S/c1-22(25,26)30-17-7-9-18(10-8-17)31-28-20-11-4-15(23)12-19(20)21(29)27-13-14-2-5-16(24)6-3-14/h2-12,28H,13H2,1H3,(H,27,29). The highest BCUT2D eigenvalue weighted by Crippen LogP contribution is 2.29. The van der Waals surface area contributed by atoms with Gasteiger partial charge in [0.15, 0.2) is 0 Å². The molecule has 3 rings (SSSR count). The Bertz CT molecular complexity index is 1040. The van der Waals surface area contributed by atoms with Gasteiger partial charge in [-0.05, 0) is 72.1 Å². The normalized spacial score (nSPS) is 11.1. The van der Waals surface area contributed by atoms with Gasteiger partial charge in [0.25, 0.3) is 5.91 Å². The summed E-state index contributed by atoms with van der Waals surface area (Å²) in [6, 6.07) is 17.3. The first-order valence-corrected chi connectivity index (χ1v) is 10.7. The van der Waals surface area contributed by atoms with Gasteiger partial charge < -0.3 is 14.8 Å². The molecule has 0 aliphatic rings. The van der Waals surface area contributed by atoms with Gasteiger partial charge in [0.05, 0.1) is 11.3 Å². The number of alkyl halides is 2. The van der Waals surface area contributed by atoms with Crippen molar-refractivity contribution in [1.82, 2.24) is 5.32 Å². The molecule has 0 atom stereocenters. The van der Waals surface area contributed by atoms with Crippen LogP contribution in [0.2, 0.25) is 0 Å². The van der Waals surface area contributed by atoms with Crippen molar-refractivity contribution in [2.45, 2.75) is 24.5 Å². The second kappa shape index (κ2) is 10.1. The molecule has 1 amide bonds. The van der Waals surface area contributed by atoms with E-state index in [1.807, 2.05) is 0 Å². The Hall–Kier alpha value is -2.65. The minimum absolute atomic E-state index is 0.0568. The van der Waals surface area contributed by atoms with Crippen molar-refractivity contribution in [2.75, 3.05) is 4.72 Å². The number of rotatable bonds is 8. The van der Waals surface area contributed by atoms with Gasteiger partial charge in [0, 0.05) is 22.8 Å². The molecule has 0 aliphatic heterocycles. The number of hydrogen-bond acceptors (Lipinski definition) is 4. The van der Waals surface area contributed by atoms with Gasteiger partial charge >= 0.3 is 6.11 Å². The monoisotopic (exact) mass is 510 g/mol. The lowest BCUT2D eigenvalue weighted by Crippen LogP contribution is -2.23. The Balaban J connectivity index is 1.65. The summed E-state index contributed by atoms with van der Waals surface area (Å²) in [6.45, 7) is 0.926. The number of carbonyl (C=O) groups is 1. The first-order valence-electron chi connectivity index (χ1n) is 9.11. The molecule has 2 N–H and O–H groups in total. The van der Waals surface area contributed by atoms with E-state index in [2.05, 4.69) is 30.7 Å². The molecule has 3 aromatic carbocycles. The summed E-state index contributed by atoms with van der Waals surface area (Å²) in [5.41, 5.74) is 1.76. The molecule has 3 aromatic rings. The van der Waals surface area contributed by atoms with Crippen LogP contribution in [0.15, 0.2) is 76.1 Å². The van der Waals surface area contributed by atoms with Crippen molar-refractivity contribution in [2.24, 2.45) is 0 Å². The number of nitrogens with one attached hydrogen (secondary N) is 2. The van der Waals surface area contributed by atoms with Crippen molar-refractivity contribution in [3.63, 3.8) is 0 Å². The molecule has 9 heteroatoms. The lowest BCUT2D eigenvalue weighted by Gasteiger charge is -2.14. The predicted octanol–water partition coefficient (Wildman–Crippen LogP) is 6.63. The van der Waals surface area contributed by atoms with Crippen LogP contribution in [0.3, 0.4) is 0 Å². The van der Waals surface area contributed by atoms with Crippen LogP contribution in [0.5, 0.6) is 5.75 Å². The highest BCUT2D eigenvalue weighted by atomic mass is 79.9. The van der Waals surface area contributed by atoms with E-state index < -0.39 is 6.11 Å². The zero-order valence-electron chi connectivity index (χ0n) is 16.3. The molecular weight excluding hydrogens is 493 g/mol. The Labute approximate surface area is 190 Å². The van der Waals surface area contributed by atoms with Gasteiger partial charge in [0.2, 0.25) is 0 Å². The van der Waals surface area contributed by atoms with Crippen LogP contribution < -0.4 is 14.8 Å². The van der Waals surface area contributed by atoms with Crippen LogP contribution in [0.25, 0.3) is 0 Å². The summed E-state index contributed by atoms with van der Waals surface area (Å²) < 4.78 is 47.2. The summed E-state index contributed by atoms with van der Waals surface area (Å²) in [5.74, 6) is -0.586. The van der Waals surface area contributed by atoms with Crippen molar-refractivity contribution in [1.29, 1.82) is 0 Å². The fourth-order valence-corrected chi connectivity index (χ4v) is 3.61. The molecule has 0 bridgehead atoms. The zero-order chi connectivity index (χ0) is 22.4. The number of amides is 1. The summed E-state index contributed by atoms with van der Waals surface area (Å²) in [5, 5.41) is 2.81. The molecule has 0 aliphatic carbocycles. The van der Waals surface area contributed by atoms with Crippen LogP contribution in [0.1, 0.15) is 22.8 Å². The van der Waals surface area contributed by atoms with Crippen molar-refractivity contribution >= 4 is 39.5 Å². The number of halogens is 4. The summed E-state index contributed by atoms with van der Waals surface area (Å²) in [6.07, 6.45) is -3.25. The molecule has 0 aromatic heterocycles. The van der Waals surface area contributed by atoms with E-state index in [-0.39, 0.29) is 24.0 Å². The average molecular weight is 511 g/mol. The van der Waals surface area contributed by atoms with Gasteiger partial charge in [-0.3, -0.25) is 4.79 Å². The smallest absolute Gasteiger partial charge is 0.394 e. The molecule has 162 valence electrons. The summed E-state index contributed by atoms with van der Waals surface area (Å²) >= 11 is 4.59. The maximum atomic E-state index is 13.0. The van der Waals surface area contributed by atoms with Crippen LogP contribution in [0.4, 0.5) is 18.9 Å². The maximum Gasteiger partial charge on any atom is 0.394 e. The Morgan fingerprint density at radius 1 is 1.06 bits per heavy atom. The van der Waals surface area contributed by atoms with Crippen molar-refractivity contribution in [3.8, 4) is 5.75 Å². The molecule has 4 nitrogen and oxygen atoms in total. The van der Waals surface area contributed by atoms with Gasteiger partial charge in [-0.25, -0.2) is 4.39 Å². The third kappa shape index (κ3) is 7.22. The molecule has 0 radical (unpaired) electrons. The molecule has 0 unspecified atom stereocenters. The summed E-state index contributed by atoms with van der Waals surface area (Å²) in [4.78, 5) is 13.4.